The van der Waals surface area contributed by atoms with Crippen molar-refractivity contribution in [2.75, 3.05) is 7.11 Å². The number of oxime groups is 1. The second-order valence-electron chi connectivity index (χ2n) is 14.5. The molecule has 5 aliphatic rings. The summed E-state index contributed by atoms with van der Waals surface area (Å²) in [6, 6.07) is 8.05. The molecule has 1 aromatic carbocycles. The maximum atomic E-state index is 6.56. The standard InChI is InChI=1S/C37H53NO4/c1-7-34-24(2)8-17-35(42-34)41-29-18-20-36(4)27(22-29)11-14-30-32-16-15-31(37(32,5)21-19-33(30)36)25(3)38-40-23-26-9-12-28(39-6)13-10-26/h8-13,17,24,29-35H,7,14-16,18-23H2,1-6H3/b38-25+/t24-,29-,30?,31+,32?,33?,34+,35?,36-,37+/m0/s1. The Morgan fingerprint density at radius 1 is 1.02 bits per heavy atom. The summed E-state index contributed by atoms with van der Waals surface area (Å²) in [5.74, 6) is 4.19. The third-order valence-corrected chi connectivity index (χ3v) is 12.4. The minimum Gasteiger partial charge on any atom is -0.497 e. The van der Waals surface area contributed by atoms with Gasteiger partial charge in [0, 0.05) is 11.8 Å². The Balaban J connectivity index is 1.09. The van der Waals surface area contributed by atoms with Gasteiger partial charge < -0.3 is 19.0 Å². The summed E-state index contributed by atoms with van der Waals surface area (Å²) in [5.41, 5.74) is 4.60. The van der Waals surface area contributed by atoms with Crippen LogP contribution >= 0.6 is 0 Å². The van der Waals surface area contributed by atoms with Crippen molar-refractivity contribution in [1.29, 1.82) is 0 Å². The summed E-state index contributed by atoms with van der Waals surface area (Å²) in [7, 11) is 1.69. The number of benzene rings is 1. The first-order chi connectivity index (χ1) is 20.2. The zero-order valence-electron chi connectivity index (χ0n) is 26.8. The maximum Gasteiger partial charge on any atom is 0.177 e. The van der Waals surface area contributed by atoms with Gasteiger partial charge in [0.05, 0.1) is 25.0 Å². The fourth-order valence-electron chi connectivity index (χ4n) is 9.89. The van der Waals surface area contributed by atoms with Gasteiger partial charge in [0.2, 0.25) is 0 Å². The average Bonchev–Trinajstić information content (AvgIpc) is 3.36. The quantitative estimate of drug-likeness (QED) is 0.176. The molecule has 0 N–H and O–H groups in total. The smallest absolute Gasteiger partial charge is 0.177 e. The van der Waals surface area contributed by atoms with E-state index < -0.39 is 0 Å². The van der Waals surface area contributed by atoms with Crippen LogP contribution in [-0.2, 0) is 20.9 Å². The Bertz CT molecular complexity index is 1190. The van der Waals surface area contributed by atoms with Gasteiger partial charge in [0.25, 0.3) is 0 Å². The summed E-state index contributed by atoms with van der Waals surface area (Å²) in [5, 5.41) is 4.68. The highest BCUT2D eigenvalue weighted by Gasteiger charge is 2.59. The Hall–Kier alpha value is -2.11. The molecule has 4 unspecified atom stereocenters. The van der Waals surface area contributed by atoms with E-state index in [1.807, 2.05) is 24.3 Å². The van der Waals surface area contributed by atoms with E-state index in [4.69, 9.17) is 19.0 Å². The van der Waals surface area contributed by atoms with Crippen molar-refractivity contribution in [2.45, 2.75) is 118 Å². The fraction of sp³-hybridized carbons (Fsp3) is 0.703. The molecule has 6 rings (SSSR count). The summed E-state index contributed by atoms with van der Waals surface area (Å²) < 4.78 is 18.1. The van der Waals surface area contributed by atoms with Crippen molar-refractivity contribution in [1.82, 2.24) is 0 Å². The van der Waals surface area contributed by atoms with Gasteiger partial charge >= 0.3 is 0 Å². The largest absolute Gasteiger partial charge is 0.497 e. The second-order valence-corrected chi connectivity index (χ2v) is 14.5. The number of hydrogen-bond acceptors (Lipinski definition) is 5. The van der Waals surface area contributed by atoms with Crippen LogP contribution in [0.15, 0.2) is 53.2 Å². The van der Waals surface area contributed by atoms with Crippen molar-refractivity contribution in [3.8, 4) is 5.75 Å². The van der Waals surface area contributed by atoms with Crippen molar-refractivity contribution >= 4 is 5.71 Å². The lowest BCUT2D eigenvalue weighted by Gasteiger charge is -2.58. The molecule has 1 aromatic rings. The highest BCUT2D eigenvalue weighted by Crippen LogP contribution is 2.66. The van der Waals surface area contributed by atoms with Gasteiger partial charge in [-0.15, -0.1) is 0 Å². The third kappa shape index (κ3) is 5.49. The number of methoxy groups -OCH3 is 1. The molecule has 0 amide bonds. The van der Waals surface area contributed by atoms with Crippen LogP contribution in [0.2, 0.25) is 0 Å². The zero-order valence-corrected chi connectivity index (χ0v) is 26.8. The molecule has 5 nitrogen and oxygen atoms in total. The van der Waals surface area contributed by atoms with E-state index in [1.165, 1.54) is 44.2 Å². The molecule has 3 fully saturated rings. The molecule has 0 saturated heterocycles. The molecule has 5 heteroatoms. The van der Waals surface area contributed by atoms with E-state index in [0.29, 0.717) is 29.3 Å². The van der Waals surface area contributed by atoms with E-state index in [2.05, 4.69) is 58.0 Å². The fourth-order valence-corrected chi connectivity index (χ4v) is 9.89. The number of ether oxygens (including phenoxy) is 3. The molecule has 0 aromatic heterocycles. The molecule has 10 atom stereocenters. The summed E-state index contributed by atoms with van der Waals surface area (Å²) in [6.07, 6.45) is 18.3. The topological polar surface area (TPSA) is 49.3 Å². The number of fused-ring (bicyclic) bond motifs is 5. The molecule has 42 heavy (non-hydrogen) atoms. The monoisotopic (exact) mass is 575 g/mol. The molecule has 230 valence electrons. The molecule has 0 spiro atoms. The van der Waals surface area contributed by atoms with Crippen LogP contribution in [0.5, 0.6) is 5.75 Å². The normalized spacial score (nSPS) is 41.4. The van der Waals surface area contributed by atoms with Crippen molar-refractivity contribution < 1.29 is 19.0 Å². The third-order valence-electron chi connectivity index (χ3n) is 12.4. The number of allylic oxidation sites excluding steroid dienone is 1. The molecule has 1 heterocycles. The lowest BCUT2D eigenvalue weighted by atomic mass is 9.47. The zero-order chi connectivity index (χ0) is 29.5. The first-order valence-electron chi connectivity index (χ1n) is 16.7. The predicted molar refractivity (Wildman–Crippen MR) is 168 cm³/mol. The number of nitrogens with zero attached hydrogens (tertiary/aromatic N) is 1. The lowest BCUT2D eigenvalue weighted by molar-refractivity contribution is -0.188. The molecule has 1 aliphatic heterocycles. The maximum absolute atomic E-state index is 6.56. The Labute approximate surface area is 254 Å². The Morgan fingerprint density at radius 3 is 2.60 bits per heavy atom. The highest BCUT2D eigenvalue weighted by molar-refractivity contribution is 5.85. The van der Waals surface area contributed by atoms with Crippen molar-refractivity contribution in [3.63, 3.8) is 0 Å². The molecule has 0 bridgehead atoms. The summed E-state index contributed by atoms with van der Waals surface area (Å²) in [4.78, 5) is 5.88. The minimum atomic E-state index is -0.187. The van der Waals surface area contributed by atoms with Crippen LogP contribution in [0.1, 0.15) is 98.0 Å². The summed E-state index contributed by atoms with van der Waals surface area (Å²) >= 11 is 0. The molecule has 4 aliphatic carbocycles. The van der Waals surface area contributed by atoms with E-state index in [-0.39, 0.29) is 18.5 Å². The van der Waals surface area contributed by atoms with Crippen LogP contribution in [0.3, 0.4) is 0 Å². The van der Waals surface area contributed by atoms with Gasteiger partial charge in [-0.2, -0.15) is 0 Å². The van der Waals surface area contributed by atoms with E-state index in [9.17, 15) is 0 Å². The molecule has 0 radical (unpaired) electrons. The van der Waals surface area contributed by atoms with Gasteiger partial charge in [0.15, 0.2) is 6.29 Å². The Kier molecular flexibility index (Phi) is 8.64. The van der Waals surface area contributed by atoms with Crippen molar-refractivity contribution in [2.24, 2.45) is 45.6 Å². The Morgan fingerprint density at radius 2 is 1.83 bits per heavy atom. The van der Waals surface area contributed by atoms with Gasteiger partial charge in [-0.3, -0.25) is 0 Å². The lowest BCUT2D eigenvalue weighted by Crippen LogP contribution is -2.51. The van der Waals surface area contributed by atoms with Crippen molar-refractivity contribution in [3.05, 3.63) is 53.6 Å². The van der Waals surface area contributed by atoms with Crippen LogP contribution in [0.4, 0.5) is 0 Å². The predicted octanol–water partition coefficient (Wildman–Crippen LogP) is 8.88. The van der Waals surface area contributed by atoms with Gasteiger partial charge in [-0.25, -0.2) is 0 Å². The first kappa shape index (κ1) is 29.9. The van der Waals surface area contributed by atoms with E-state index in [1.54, 1.807) is 12.7 Å². The molecular weight excluding hydrogens is 522 g/mol. The second kappa shape index (κ2) is 12.1. The van der Waals surface area contributed by atoms with Gasteiger partial charge in [-0.1, -0.05) is 62.7 Å². The highest BCUT2D eigenvalue weighted by atomic mass is 16.7. The molecule has 3 saturated carbocycles. The van der Waals surface area contributed by atoms with Crippen LogP contribution in [0, 0.1) is 40.4 Å². The van der Waals surface area contributed by atoms with Gasteiger partial charge in [-0.05, 0) is 117 Å². The summed E-state index contributed by atoms with van der Waals surface area (Å²) in [6.45, 7) is 12.3. The molecular formula is C37H53NO4. The van der Waals surface area contributed by atoms with Gasteiger partial charge in [0.1, 0.15) is 12.4 Å². The average molecular weight is 576 g/mol. The van der Waals surface area contributed by atoms with Crippen LogP contribution in [0.25, 0.3) is 0 Å². The van der Waals surface area contributed by atoms with Crippen LogP contribution < -0.4 is 4.74 Å². The number of hydrogen-bond donors (Lipinski definition) is 0. The van der Waals surface area contributed by atoms with Crippen LogP contribution in [-0.4, -0.2) is 31.3 Å². The SMILES string of the molecule is CC[C@H]1OC(O[C@H]2CC[C@@]3(C)C(=CCC4C3CC[C@@]3(C)C4CC[C@@H]3/C(C)=N/OCc3ccc(OC)cc3)C2)C=C[C@@H]1C. The number of rotatable bonds is 8. The minimum absolute atomic E-state index is 0.187. The first-order valence-corrected chi connectivity index (χ1v) is 16.7. The van der Waals surface area contributed by atoms with E-state index >= 15 is 0 Å². The van der Waals surface area contributed by atoms with E-state index in [0.717, 1.165) is 48.3 Å².